The molecule has 0 saturated carbocycles. The molecule has 1 amide bonds. The lowest BCUT2D eigenvalue weighted by Crippen LogP contribution is -2.12. The van der Waals surface area contributed by atoms with E-state index in [-0.39, 0.29) is 11.5 Å². The van der Waals surface area contributed by atoms with Gasteiger partial charge >= 0.3 is 5.97 Å². The Hall–Kier alpha value is -3.44. The lowest BCUT2D eigenvalue weighted by atomic mass is 9.99. The quantitative estimate of drug-likeness (QED) is 0.656. The minimum Gasteiger partial charge on any atom is -0.478 e. The van der Waals surface area contributed by atoms with E-state index in [1.54, 1.807) is 36.4 Å². The van der Waals surface area contributed by atoms with Crippen LogP contribution in [0.1, 0.15) is 26.3 Å². The van der Waals surface area contributed by atoms with Gasteiger partial charge in [-0.2, -0.15) is 0 Å². The second-order valence-corrected chi connectivity index (χ2v) is 5.79. The Morgan fingerprint density at radius 3 is 2.23 bits per heavy atom. The molecule has 3 aromatic rings. The van der Waals surface area contributed by atoms with E-state index in [1.165, 1.54) is 6.07 Å². The summed E-state index contributed by atoms with van der Waals surface area (Å²) in [7, 11) is 0. The van der Waals surface area contributed by atoms with Crippen LogP contribution in [0.15, 0.2) is 72.8 Å². The van der Waals surface area contributed by atoms with E-state index < -0.39 is 5.97 Å². The van der Waals surface area contributed by atoms with Crippen molar-refractivity contribution >= 4 is 17.6 Å². The third-order valence-electron chi connectivity index (χ3n) is 4.04. The van der Waals surface area contributed by atoms with Crippen LogP contribution in [-0.2, 0) is 6.54 Å². The normalized spacial score (nSPS) is 10.3. The second-order valence-electron chi connectivity index (χ2n) is 5.79. The lowest BCUT2D eigenvalue weighted by Gasteiger charge is -2.11. The van der Waals surface area contributed by atoms with Crippen LogP contribution in [0.25, 0.3) is 11.1 Å². The summed E-state index contributed by atoms with van der Waals surface area (Å²) >= 11 is 0. The third-order valence-corrected chi connectivity index (χ3v) is 4.04. The fourth-order valence-corrected chi connectivity index (χ4v) is 2.66. The van der Waals surface area contributed by atoms with E-state index in [4.69, 9.17) is 5.73 Å². The molecule has 0 radical (unpaired) electrons. The van der Waals surface area contributed by atoms with Crippen LogP contribution in [0, 0.1) is 0 Å². The van der Waals surface area contributed by atoms with Crippen molar-refractivity contribution in [2.24, 2.45) is 5.73 Å². The summed E-state index contributed by atoms with van der Waals surface area (Å²) in [5.74, 6) is -1.28. The standard InChI is InChI=1S/C21H18N2O3/c22-13-14-6-8-16(9-7-14)20(24)23-17-10-11-18(21(25)26)19(12-17)15-4-2-1-3-5-15/h1-12H,13,22H2,(H,23,24)(H,25,26). The molecular formula is C21H18N2O3. The molecule has 0 aromatic heterocycles. The summed E-state index contributed by atoms with van der Waals surface area (Å²) in [5.41, 5.74) is 9.04. The molecule has 130 valence electrons. The van der Waals surface area contributed by atoms with Crippen molar-refractivity contribution in [3.63, 3.8) is 0 Å². The first kappa shape index (κ1) is 17.4. The molecule has 5 nitrogen and oxygen atoms in total. The van der Waals surface area contributed by atoms with Crippen LogP contribution in [-0.4, -0.2) is 17.0 Å². The maximum atomic E-state index is 12.4. The monoisotopic (exact) mass is 346 g/mol. The van der Waals surface area contributed by atoms with E-state index in [0.29, 0.717) is 23.4 Å². The first-order valence-corrected chi connectivity index (χ1v) is 8.11. The average molecular weight is 346 g/mol. The molecule has 0 aliphatic rings. The summed E-state index contributed by atoms with van der Waals surface area (Å²) in [5, 5.41) is 12.2. The second kappa shape index (κ2) is 7.63. The van der Waals surface area contributed by atoms with Crippen molar-refractivity contribution < 1.29 is 14.7 Å². The highest BCUT2D eigenvalue weighted by Gasteiger charge is 2.14. The molecule has 5 heteroatoms. The fourth-order valence-electron chi connectivity index (χ4n) is 2.66. The number of amides is 1. The van der Waals surface area contributed by atoms with Crippen molar-refractivity contribution in [1.82, 2.24) is 0 Å². The highest BCUT2D eigenvalue weighted by Crippen LogP contribution is 2.27. The Labute approximate surface area is 151 Å². The molecule has 0 unspecified atom stereocenters. The average Bonchev–Trinajstić information content (AvgIpc) is 2.68. The number of carbonyl (C=O) groups excluding carboxylic acids is 1. The summed E-state index contributed by atoms with van der Waals surface area (Å²) in [4.78, 5) is 23.9. The highest BCUT2D eigenvalue weighted by molar-refractivity contribution is 6.05. The van der Waals surface area contributed by atoms with Crippen LogP contribution < -0.4 is 11.1 Å². The molecule has 0 saturated heterocycles. The molecule has 0 bridgehead atoms. The molecule has 3 rings (SSSR count). The highest BCUT2D eigenvalue weighted by atomic mass is 16.4. The topological polar surface area (TPSA) is 92.4 Å². The van der Waals surface area contributed by atoms with Gasteiger partial charge in [0.15, 0.2) is 0 Å². The van der Waals surface area contributed by atoms with Crippen LogP contribution in [0.3, 0.4) is 0 Å². The maximum Gasteiger partial charge on any atom is 0.336 e. The van der Waals surface area contributed by atoms with Gasteiger partial charge < -0.3 is 16.2 Å². The van der Waals surface area contributed by atoms with Gasteiger partial charge in [-0.15, -0.1) is 0 Å². The summed E-state index contributed by atoms with van der Waals surface area (Å²) in [6.07, 6.45) is 0. The Morgan fingerprint density at radius 1 is 0.923 bits per heavy atom. The van der Waals surface area contributed by atoms with E-state index in [1.807, 2.05) is 30.3 Å². The van der Waals surface area contributed by atoms with E-state index in [0.717, 1.165) is 11.1 Å². The van der Waals surface area contributed by atoms with Gasteiger partial charge in [0.1, 0.15) is 0 Å². The molecule has 26 heavy (non-hydrogen) atoms. The fraction of sp³-hybridized carbons (Fsp3) is 0.0476. The molecule has 4 N–H and O–H groups in total. The first-order valence-electron chi connectivity index (χ1n) is 8.11. The number of anilines is 1. The van der Waals surface area contributed by atoms with Crippen molar-refractivity contribution in [2.75, 3.05) is 5.32 Å². The SMILES string of the molecule is NCc1ccc(C(=O)Nc2ccc(C(=O)O)c(-c3ccccc3)c2)cc1. The number of rotatable bonds is 5. The third kappa shape index (κ3) is 3.79. The number of nitrogens with two attached hydrogens (primary N) is 1. The van der Waals surface area contributed by atoms with Crippen molar-refractivity contribution in [2.45, 2.75) is 6.54 Å². The largest absolute Gasteiger partial charge is 0.478 e. The number of carboxylic acids is 1. The van der Waals surface area contributed by atoms with Crippen molar-refractivity contribution in [1.29, 1.82) is 0 Å². The van der Waals surface area contributed by atoms with E-state index >= 15 is 0 Å². The smallest absolute Gasteiger partial charge is 0.336 e. The number of hydrogen-bond acceptors (Lipinski definition) is 3. The van der Waals surface area contributed by atoms with Gasteiger partial charge in [0.25, 0.3) is 5.91 Å². The maximum absolute atomic E-state index is 12.4. The predicted molar refractivity (Wildman–Crippen MR) is 101 cm³/mol. The van der Waals surface area contributed by atoms with E-state index in [2.05, 4.69) is 5.32 Å². The lowest BCUT2D eigenvalue weighted by molar-refractivity contribution is 0.0697. The van der Waals surface area contributed by atoms with Gasteiger partial charge in [0.05, 0.1) is 5.56 Å². The molecule has 3 aromatic carbocycles. The zero-order valence-electron chi connectivity index (χ0n) is 14.0. The van der Waals surface area contributed by atoms with Crippen LogP contribution in [0.4, 0.5) is 5.69 Å². The molecule has 0 atom stereocenters. The van der Waals surface area contributed by atoms with Gasteiger partial charge in [0, 0.05) is 17.8 Å². The van der Waals surface area contributed by atoms with Gasteiger partial charge in [-0.3, -0.25) is 4.79 Å². The minimum absolute atomic E-state index is 0.182. The zero-order chi connectivity index (χ0) is 18.5. The van der Waals surface area contributed by atoms with Crippen LogP contribution >= 0.6 is 0 Å². The molecule has 0 heterocycles. The number of carbonyl (C=O) groups is 2. The number of aromatic carboxylic acids is 1. The van der Waals surface area contributed by atoms with Crippen LogP contribution in [0.2, 0.25) is 0 Å². The molecule has 0 aliphatic heterocycles. The predicted octanol–water partition coefficient (Wildman–Crippen LogP) is 3.76. The molecule has 0 fully saturated rings. The Bertz CT molecular complexity index is 935. The first-order chi connectivity index (χ1) is 12.6. The molecule has 0 spiro atoms. The Balaban J connectivity index is 1.90. The van der Waals surface area contributed by atoms with Crippen LogP contribution in [0.5, 0.6) is 0 Å². The van der Waals surface area contributed by atoms with Crippen molar-refractivity contribution in [3.8, 4) is 11.1 Å². The van der Waals surface area contributed by atoms with E-state index in [9.17, 15) is 14.7 Å². The van der Waals surface area contributed by atoms with Gasteiger partial charge in [0.2, 0.25) is 0 Å². The molecule has 0 aliphatic carbocycles. The minimum atomic E-state index is -1.01. The number of hydrogen-bond donors (Lipinski definition) is 3. The summed E-state index contributed by atoms with van der Waals surface area (Å²) in [6.45, 7) is 0.416. The summed E-state index contributed by atoms with van der Waals surface area (Å²) in [6, 6.07) is 21.0. The van der Waals surface area contributed by atoms with Gasteiger partial charge in [-0.25, -0.2) is 4.79 Å². The van der Waals surface area contributed by atoms with Crippen molar-refractivity contribution in [3.05, 3.63) is 89.5 Å². The van der Waals surface area contributed by atoms with Gasteiger partial charge in [-0.05, 0) is 47.0 Å². The zero-order valence-corrected chi connectivity index (χ0v) is 14.0. The Kier molecular flexibility index (Phi) is 5.10. The summed E-state index contributed by atoms with van der Waals surface area (Å²) < 4.78 is 0. The number of nitrogens with one attached hydrogen (secondary N) is 1. The molecular weight excluding hydrogens is 328 g/mol. The van der Waals surface area contributed by atoms with Gasteiger partial charge in [-0.1, -0.05) is 42.5 Å². The number of carboxylic acid groups (broad SMARTS) is 1. The number of benzene rings is 3. The Morgan fingerprint density at radius 2 is 1.62 bits per heavy atom.